The lowest BCUT2D eigenvalue weighted by Crippen LogP contribution is -2.23. The Kier molecular flexibility index (Phi) is 3.71. The van der Waals surface area contributed by atoms with E-state index in [0.29, 0.717) is 16.2 Å². The first-order chi connectivity index (χ1) is 8.56. The van der Waals surface area contributed by atoms with Crippen molar-refractivity contribution in [2.45, 2.75) is 13.5 Å². The third kappa shape index (κ3) is 2.92. The number of aromatic nitrogens is 2. The monoisotopic (exact) mass is 313 g/mol. The van der Waals surface area contributed by atoms with Gasteiger partial charge in [-0.05, 0) is 41.1 Å². The predicted octanol–water partition coefficient (Wildman–Crippen LogP) is 2.21. The highest BCUT2D eigenvalue weighted by Crippen LogP contribution is 2.16. The van der Waals surface area contributed by atoms with E-state index in [1.807, 2.05) is 0 Å². The molecule has 1 amide bonds. The maximum Gasteiger partial charge on any atom is 0.251 e. The summed E-state index contributed by atoms with van der Waals surface area (Å²) in [5.74, 6) is -0.0964. The molecule has 0 spiro atoms. The molecule has 2 aromatic rings. The Hall–Kier alpha value is -1.76. The number of nitrogens with zero attached hydrogens (tertiary/aromatic N) is 2. The number of hydrogen-bond donors (Lipinski definition) is 1. The van der Waals surface area contributed by atoms with Crippen molar-refractivity contribution < 1.29 is 13.7 Å². The van der Waals surface area contributed by atoms with Crippen LogP contribution in [0.3, 0.4) is 0 Å². The Morgan fingerprint density at radius 2 is 2.33 bits per heavy atom. The van der Waals surface area contributed by atoms with Gasteiger partial charge in [-0.25, -0.2) is 4.39 Å². The van der Waals surface area contributed by atoms with Gasteiger partial charge < -0.3 is 9.84 Å². The van der Waals surface area contributed by atoms with Crippen LogP contribution in [0.4, 0.5) is 4.39 Å². The third-order valence-corrected chi connectivity index (χ3v) is 2.79. The molecule has 94 valence electrons. The Bertz CT molecular complexity index is 585. The van der Waals surface area contributed by atoms with Crippen LogP contribution >= 0.6 is 15.9 Å². The number of halogens is 2. The fraction of sp³-hybridized carbons (Fsp3) is 0.182. The minimum Gasteiger partial charge on any atom is -0.343 e. The molecule has 0 fully saturated rings. The summed E-state index contributed by atoms with van der Waals surface area (Å²) < 4.78 is 18.4. The van der Waals surface area contributed by atoms with Gasteiger partial charge in [0.05, 0.1) is 11.0 Å². The lowest BCUT2D eigenvalue weighted by Gasteiger charge is -2.03. The lowest BCUT2D eigenvalue weighted by atomic mass is 10.2. The minimum absolute atomic E-state index is 0.108. The first-order valence-electron chi connectivity index (χ1n) is 5.08. The van der Waals surface area contributed by atoms with Crippen molar-refractivity contribution in [2.75, 3.05) is 0 Å². The van der Waals surface area contributed by atoms with Crippen molar-refractivity contribution in [3.05, 3.63) is 45.8 Å². The maximum absolute atomic E-state index is 13.2. The molecule has 1 heterocycles. The van der Waals surface area contributed by atoms with Crippen LogP contribution in [0.25, 0.3) is 0 Å². The fourth-order valence-corrected chi connectivity index (χ4v) is 1.55. The van der Waals surface area contributed by atoms with Gasteiger partial charge in [0, 0.05) is 5.56 Å². The van der Waals surface area contributed by atoms with Gasteiger partial charge in [0.1, 0.15) is 5.82 Å². The number of carbonyl (C=O) groups excluding carboxylic acids is 1. The van der Waals surface area contributed by atoms with E-state index in [4.69, 9.17) is 4.52 Å². The Morgan fingerprint density at radius 1 is 1.56 bits per heavy atom. The summed E-state index contributed by atoms with van der Waals surface area (Å²) in [6, 6.07) is 4.14. The number of amides is 1. The smallest absolute Gasteiger partial charge is 0.251 e. The van der Waals surface area contributed by atoms with Crippen LogP contribution in [0.5, 0.6) is 0 Å². The normalized spacial score (nSPS) is 10.4. The van der Waals surface area contributed by atoms with Crippen molar-refractivity contribution in [3.63, 3.8) is 0 Å². The van der Waals surface area contributed by atoms with Crippen molar-refractivity contribution in [3.8, 4) is 0 Å². The molecule has 18 heavy (non-hydrogen) atoms. The second-order valence-electron chi connectivity index (χ2n) is 3.55. The summed E-state index contributed by atoms with van der Waals surface area (Å²) in [7, 11) is 0. The van der Waals surface area contributed by atoms with E-state index in [9.17, 15) is 9.18 Å². The topological polar surface area (TPSA) is 68.0 Å². The SMILES string of the molecule is Cc1noc(CNC(=O)c2ccc(Br)c(F)c2)n1. The zero-order valence-corrected chi connectivity index (χ0v) is 11.0. The van der Waals surface area contributed by atoms with Gasteiger partial charge in [-0.3, -0.25) is 4.79 Å². The molecular weight excluding hydrogens is 305 g/mol. The van der Waals surface area contributed by atoms with Gasteiger partial charge in [-0.2, -0.15) is 4.98 Å². The molecule has 0 radical (unpaired) electrons. The molecule has 1 N–H and O–H groups in total. The highest BCUT2D eigenvalue weighted by Gasteiger charge is 2.10. The molecule has 7 heteroatoms. The van der Waals surface area contributed by atoms with Gasteiger partial charge in [0.2, 0.25) is 5.89 Å². The molecule has 0 saturated carbocycles. The predicted molar refractivity (Wildman–Crippen MR) is 64.3 cm³/mol. The second-order valence-corrected chi connectivity index (χ2v) is 4.40. The van der Waals surface area contributed by atoms with Crippen LogP contribution in [-0.4, -0.2) is 16.0 Å². The van der Waals surface area contributed by atoms with E-state index in [1.165, 1.54) is 12.1 Å². The highest BCUT2D eigenvalue weighted by molar-refractivity contribution is 9.10. The average Bonchev–Trinajstić information content (AvgIpc) is 2.75. The molecule has 5 nitrogen and oxygen atoms in total. The highest BCUT2D eigenvalue weighted by atomic mass is 79.9. The van der Waals surface area contributed by atoms with Gasteiger partial charge >= 0.3 is 0 Å². The summed E-state index contributed by atoms with van der Waals surface area (Å²) >= 11 is 3.02. The summed E-state index contributed by atoms with van der Waals surface area (Å²) in [5, 5.41) is 6.15. The van der Waals surface area contributed by atoms with E-state index >= 15 is 0 Å². The van der Waals surface area contributed by atoms with Crippen LogP contribution in [0.15, 0.2) is 27.2 Å². The van der Waals surface area contributed by atoms with Crippen LogP contribution in [0.1, 0.15) is 22.1 Å². The average molecular weight is 314 g/mol. The molecule has 0 aliphatic rings. The second kappa shape index (κ2) is 5.26. The number of aryl methyl sites for hydroxylation is 1. The quantitative estimate of drug-likeness (QED) is 0.943. The number of rotatable bonds is 3. The molecule has 2 rings (SSSR count). The zero-order valence-electron chi connectivity index (χ0n) is 9.41. The fourth-order valence-electron chi connectivity index (χ4n) is 1.31. The van der Waals surface area contributed by atoms with Crippen molar-refractivity contribution in [1.29, 1.82) is 0 Å². The van der Waals surface area contributed by atoms with Crippen LogP contribution < -0.4 is 5.32 Å². The van der Waals surface area contributed by atoms with E-state index < -0.39 is 11.7 Å². The first kappa shape index (κ1) is 12.7. The van der Waals surface area contributed by atoms with Gasteiger partial charge in [0.25, 0.3) is 5.91 Å². The number of hydrogen-bond acceptors (Lipinski definition) is 4. The minimum atomic E-state index is -0.490. The third-order valence-electron chi connectivity index (χ3n) is 2.15. The summed E-state index contributed by atoms with van der Waals surface area (Å²) in [4.78, 5) is 15.6. The molecule has 0 aliphatic carbocycles. The van der Waals surface area contributed by atoms with E-state index in [1.54, 1.807) is 6.92 Å². The van der Waals surface area contributed by atoms with Crippen LogP contribution in [-0.2, 0) is 6.54 Å². The molecule has 0 saturated heterocycles. The van der Waals surface area contributed by atoms with Crippen molar-refractivity contribution in [2.24, 2.45) is 0 Å². The molecule has 0 bridgehead atoms. The van der Waals surface area contributed by atoms with E-state index in [0.717, 1.165) is 6.07 Å². The standard InChI is InChI=1S/C11H9BrFN3O2/c1-6-15-10(18-16-6)5-14-11(17)7-2-3-8(12)9(13)4-7/h2-4H,5H2,1H3,(H,14,17). The maximum atomic E-state index is 13.2. The molecule has 0 aliphatic heterocycles. The Morgan fingerprint density at radius 3 is 2.94 bits per heavy atom. The number of benzene rings is 1. The molecule has 0 unspecified atom stereocenters. The summed E-state index contributed by atoms with van der Waals surface area (Å²) in [6.07, 6.45) is 0. The number of nitrogens with one attached hydrogen (secondary N) is 1. The van der Waals surface area contributed by atoms with Gasteiger partial charge in [-0.15, -0.1) is 0 Å². The molecular formula is C11H9BrFN3O2. The van der Waals surface area contributed by atoms with Crippen LogP contribution in [0.2, 0.25) is 0 Å². The van der Waals surface area contributed by atoms with Crippen molar-refractivity contribution >= 4 is 21.8 Å². The summed E-state index contributed by atoms with van der Waals surface area (Å²) in [5.41, 5.74) is 0.229. The Labute approximate surface area is 111 Å². The molecule has 0 atom stereocenters. The number of carbonyl (C=O) groups is 1. The first-order valence-corrected chi connectivity index (χ1v) is 5.88. The molecule has 1 aromatic heterocycles. The van der Waals surface area contributed by atoms with Crippen molar-refractivity contribution in [1.82, 2.24) is 15.5 Å². The van der Waals surface area contributed by atoms with Gasteiger partial charge in [-0.1, -0.05) is 5.16 Å². The van der Waals surface area contributed by atoms with Gasteiger partial charge in [0.15, 0.2) is 5.82 Å². The largest absolute Gasteiger partial charge is 0.343 e. The Balaban J connectivity index is 2.01. The lowest BCUT2D eigenvalue weighted by molar-refractivity contribution is 0.0946. The zero-order chi connectivity index (χ0) is 13.1. The summed E-state index contributed by atoms with van der Waals surface area (Å²) in [6.45, 7) is 1.79. The van der Waals surface area contributed by atoms with E-state index in [-0.39, 0.29) is 12.1 Å². The molecule has 1 aromatic carbocycles. The van der Waals surface area contributed by atoms with Crippen LogP contribution in [0, 0.1) is 12.7 Å². The van der Waals surface area contributed by atoms with E-state index in [2.05, 4.69) is 31.4 Å².